The van der Waals surface area contributed by atoms with Crippen LogP contribution in [0.4, 0.5) is 5.69 Å². The van der Waals surface area contributed by atoms with Gasteiger partial charge in [0.25, 0.3) is 5.69 Å². The lowest BCUT2D eigenvalue weighted by Gasteiger charge is -2.01. The van der Waals surface area contributed by atoms with Crippen LogP contribution < -0.4 is 0 Å². The molecule has 0 aliphatic rings. The molecule has 0 aliphatic heterocycles. The molecule has 20 heavy (non-hydrogen) atoms. The number of nitro benzene ring substituents is 1. The topological polar surface area (TPSA) is 79.8 Å². The second kappa shape index (κ2) is 5.95. The van der Waals surface area contributed by atoms with Crippen molar-refractivity contribution in [2.24, 2.45) is 0 Å². The predicted molar refractivity (Wildman–Crippen MR) is 75.8 cm³/mol. The summed E-state index contributed by atoms with van der Waals surface area (Å²) in [5, 5.41) is 20.3. The molecular weight excluding hydrogens is 278 g/mol. The zero-order valence-electron chi connectivity index (χ0n) is 10.2. The van der Waals surface area contributed by atoms with Crippen molar-refractivity contribution in [1.82, 2.24) is 4.98 Å². The molecule has 1 heterocycles. The van der Waals surface area contributed by atoms with Gasteiger partial charge in [0, 0.05) is 28.9 Å². The van der Waals surface area contributed by atoms with Crippen LogP contribution in [0.1, 0.15) is 11.3 Å². The van der Waals surface area contributed by atoms with Gasteiger partial charge in [0.05, 0.1) is 16.2 Å². The number of allylic oxidation sites excluding steroid dienone is 1. The van der Waals surface area contributed by atoms with E-state index >= 15 is 0 Å². The molecule has 0 bridgehead atoms. The predicted octanol–water partition coefficient (Wildman–Crippen LogP) is 3.71. The van der Waals surface area contributed by atoms with Gasteiger partial charge in [-0.2, -0.15) is 5.26 Å². The van der Waals surface area contributed by atoms with Crippen molar-refractivity contribution in [2.45, 2.75) is 0 Å². The van der Waals surface area contributed by atoms with Crippen LogP contribution in [0.2, 0.25) is 5.02 Å². The first kappa shape index (κ1) is 13.7. The Morgan fingerprint density at radius 1 is 1.40 bits per heavy atom. The SMILES string of the molecule is N#C/C(=C\c1cc([N+](=O)[O-])ccc1Cl)c1ccccn1. The number of benzene rings is 1. The van der Waals surface area contributed by atoms with E-state index in [1.54, 1.807) is 24.4 Å². The third-order valence-corrected chi connectivity index (χ3v) is 2.90. The molecule has 98 valence electrons. The fourth-order valence-corrected chi connectivity index (χ4v) is 1.77. The Balaban J connectivity index is 2.51. The van der Waals surface area contributed by atoms with Crippen LogP contribution in [0.25, 0.3) is 11.6 Å². The Bertz CT molecular complexity index is 721. The van der Waals surface area contributed by atoms with Gasteiger partial charge in [-0.25, -0.2) is 0 Å². The fraction of sp³-hybridized carbons (Fsp3) is 0. The zero-order valence-corrected chi connectivity index (χ0v) is 10.9. The highest BCUT2D eigenvalue weighted by Gasteiger charge is 2.10. The van der Waals surface area contributed by atoms with Gasteiger partial charge in [0.1, 0.15) is 6.07 Å². The summed E-state index contributed by atoms with van der Waals surface area (Å²) >= 11 is 5.99. The summed E-state index contributed by atoms with van der Waals surface area (Å²) in [6.07, 6.45) is 3.05. The van der Waals surface area contributed by atoms with Crippen molar-refractivity contribution in [3.63, 3.8) is 0 Å². The molecule has 0 unspecified atom stereocenters. The smallest absolute Gasteiger partial charge is 0.258 e. The fourth-order valence-electron chi connectivity index (χ4n) is 1.60. The van der Waals surface area contributed by atoms with Crippen molar-refractivity contribution < 1.29 is 4.92 Å². The minimum absolute atomic E-state index is 0.0843. The lowest BCUT2D eigenvalue weighted by Crippen LogP contribution is -1.90. The highest BCUT2D eigenvalue weighted by Crippen LogP contribution is 2.26. The van der Waals surface area contributed by atoms with Gasteiger partial charge < -0.3 is 0 Å². The Morgan fingerprint density at radius 3 is 2.80 bits per heavy atom. The molecule has 2 aromatic rings. The van der Waals surface area contributed by atoms with E-state index in [2.05, 4.69) is 4.98 Å². The van der Waals surface area contributed by atoms with Crippen molar-refractivity contribution in [1.29, 1.82) is 5.26 Å². The van der Waals surface area contributed by atoms with Gasteiger partial charge in [0.2, 0.25) is 0 Å². The summed E-state index contributed by atoms with van der Waals surface area (Å²) in [6, 6.07) is 11.2. The largest absolute Gasteiger partial charge is 0.270 e. The van der Waals surface area contributed by atoms with E-state index in [9.17, 15) is 15.4 Å². The Morgan fingerprint density at radius 2 is 2.20 bits per heavy atom. The van der Waals surface area contributed by atoms with Gasteiger partial charge >= 0.3 is 0 Å². The first-order valence-corrected chi connectivity index (χ1v) is 5.97. The second-order valence-corrected chi connectivity index (χ2v) is 4.25. The molecular formula is C14H8ClN3O2. The van der Waals surface area contributed by atoms with Crippen molar-refractivity contribution in [2.75, 3.05) is 0 Å². The van der Waals surface area contributed by atoms with Crippen LogP contribution in [0.15, 0.2) is 42.6 Å². The van der Waals surface area contributed by atoms with E-state index < -0.39 is 4.92 Å². The lowest BCUT2D eigenvalue weighted by atomic mass is 10.1. The molecule has 0 aliphatic carbocycles. The van der Waals surface area contributed by atoms with E-state index in [1.165, 1.54) is 24.3 Å². The van der Waals surface area contributed by atoms with Crippen LogP contribution in [0.5, 0.6) is 0 Å². The van der Waals surface area contributed by atoms with Gasteiger partial charge in [-0.1, -0.05) is 17.7 Å². The van der Waals surface area contributed by atoms with E-state index in [0.717, 1.165) is 0 Å². The van der Waals surface area contributed by atoms with Crippen molar-refractivity contribution in [3.05, 3.63) is 69.0 Å². The Kier molecular flexibility index (Phi) is 4.08. The van der Waals surface area contributed by atoms with Crippen LogP contribution in [-0.4, -0.2) is 9.91 Å². The third kappa shape index (κ3) is 2.99. The summed E-state index contributed by atoms with van der Waals surface area (Å²) in [5.41, 5.74) is 1.09. The molecule has 0 N–H and O–H groups in total. The summed E-state index contributed by atoms with van der Waals surface area (Å²) < 4.78 is 0. The number of nitrogens with zero attached hydrogens (tertiary/aromatic N) is 3. The Hall–Kier alpha value is -2.71. The first-order chi connectivity index (χ1) is 9.61. The number of nitriles is 1. The van der Waals surface area contributed by atoms with Crippen LogP contribution in [0.3, 0.4) is 0 Å². The lowest BCUT2D eigenvalue weighted by molar-refractivity contribution is -0.384. The molecule has 0 amide bonds. The number of pyridine rings is 1. The standard InChI is InChI=1S/C14H8ClN3O2/c15-13-5-4-12(18(19)20)8-10(13)7-11(9-16)14-3-1-2-6-17-14/h1-8H/b11-7+. The molecule has 1 aromatic heterocycles. The van der Waals surface area contributed by atoms with Gasteiger partial charge in [0.15, 0.2) is 0 Å². The Labute approximate surface area is 119 Å². The molecule has 2 rings (SSSR count). The normalized spacial score (nSPS) is 10.9. The number of hydrogen-bond acceptors (Lipinski definition) is 4. The van der Waals surface area contributed by atoms with Crippen LogP contribution in [0, 0.1) is 21.4 Å². The third-order valence-electron chi connectivity index (χ3n) is 2.55. The van der Waals surface area contributed by atoms with E-state index in [0.29, 0.717) is 16.3 Å². The minimum Gasteiger partial charge on any atom is -0.258 e. The van der Waals surface area contributed by atoms with Crippen LogP contribution >= 0.6 is 11.6 Å². The number of non-ortho nitro benzene ring substituents is 1. The maximum absolute atomic E-state index is 10.8. The zero-order chi connectivity index (χ0) is 14.5. The highest BCUT2D eigenvalue weighted by molar-refractivity contribution is 6.32. The molecule has 0 atom stereocenters. The highest BCUT2D eigenvalue weighted by atomic mass is 35.5. The van der Waals surface area contributed by atoms with Gasteiger partial charge in [-0.15, -0.1) is 0 Å². The monoisotopic (exact) mass is 285 g/mol. The van der Waals surface area contributed by atoms with Crippen molar-refractivity contribution in [3.8, 4) is 6.07 Å². The van der Waals surface area contributed by atoms with Gasteiger partial charge in [-0.3, -0.25) is 15.1 Å². The maximum Gasteiger partial charge on any atom is 0.270 e. The summed E-state index contributed by atoms with van der Waals surface area (Å²) in [7, 11) is 0. The minimum atomic E-state index is -0.513. The number of halogens is 1. The maximum atomic E-state index is 10.8. The number of aromatic nitrogens is 1. The van der Waals surface area contributed by atoms with Crippen molar-refractivity contribution >= 4 is 28.9 Å². The van der Waals surface area contributed by atoms with Gasteiger partial charge in [-0.05, 0) is 24.3 Å². The molecule has 0 radical (unpaired) electrons. The number of hydrogen-bond donors (Lipinski definition) is 0. The quantitative estimate of drug-likeness (QED) is 0.489. The average Bonchev–Trinajstić information content (AvgIpc) is 2.47. The summed E-state index contributed by atoms with van der Waals surface area (Å²) in [6.45, 7) is 0. The molecule has 0 spiro atoms. The average molecular weight is 286 g/mol. The molecule has 0 saturated heterocycles. The molecule has 6 heteroatoms. The molecule has 0 fully saturated rings. The molecule has 5 nitrogen and oxygen atoms in total. The van der Waals surface area contributed by atoms with E-state index in [1.807, 2.05) is 6.07 Å². The van der Waals surface area contributed by atoms with E-state index in [4.69, 9.17) is 11.6 Å². The first-order valence-electron chi connectivity index (χ1n) is 5.59. The second-order valence-electron chi connectivity index (χ2n) is 3.85. The summed E-state index contributed by atoms with van der Waals surface area (Å²) in [4.78, 5) is 14.3. The number of nitro groups is 1. The van der Waals surface area contributed by atoms with Crippen LogP contribution in [-0.2, 0) is 0 Å². The number of rotatable bonds is 3. The summed E-state index contributed by atoms with van der Waals surface area (Å²) in [5.74, 6) is 0. The molecule has 1 aromatic carbocycles. The molecule has 0 saturated carbocycles. The van der Waals surface area contributed by atoms with E-state index in [-0.39, 0.29) is 11.3 Å².